The number of rotatable bonds is 7. The van der Waals surface area contributed by atoms with Crippen LogP contribution in [0.2, 0.25) is 0 Å². The first-order valence-electron chi connectivity index (χ1n) is 9.72. The summed E-state index contributed by atoms with van der Waals surface area (Å²) < 4.78 is 11.2. The molecule has 0 aromatic heterocycles. The number of fused-ring (bicyclic) bond motifs is 1. The van der Waals surface area contributed by atoms with E-state index in [0.29, 0.717) is 36.8 Å². The van der Waals surface area contributed by atoms with Crippen LogP contribution in [-0.2, 0) is 29.3 Å². The van der Waals surface area contributed by atoms with E-state index in [0.717, 1.165) is 16.7 Å². The van der Waals surface area contributed by atoms with E-state index in [1.54, 1.807) is 18.2 Å². The highest BCUT2D eigenvalue weighted by Crippen LogP contribution is 2.28. The fourth-order valence-electron chi connectivity index (χ4n) is 3.22. The molecule has 1 heterocycles. The lowest BCUT2D eigenvalue weighted by molar-refractivity contribution is -0.118. The van der Waals surface area contributed by atoms with Crippen molar-refractivity contribution >= 4 is 17.5 Å². The highest BCUT2D eigenvalue weighted by Gasteiger charge is 2.18. The van der Waals surface area contributed by atoms with Crippen molar-refractivity contribution in [3.63, 3.8) is 0 Å². The maximum Gasteiger partial charge on any atom is 0.262 e. The first-order chi connectivity index (χ1) is 14.7. The number of benzene rings is 3. The number of carbonyl (C=O) groups excluding carboxylic acids is 2. The van der Waals surface area contributed by atoms with Crippen molar-refractivity contribution in [1.29, 1.82) is 0 Å². The Kier molecular flexibility index (Phi) is 6.06. The van der Waals surface area contributed by atoms with Gasteiger partial charge >= 0.3 is 0 Å². The second-order valence-electron chi connectivity index (χ2n) is 6.98. The molecule has 0 spiro atoms. The number of carbonyl (C=O) groups is 2. The first kappa shape index (κ1) is 19.7. The predicted octanol–water partition coefficient (Wildman–Crippen LogP) is 3.66. The second kappa shape index (κ2) is 9.24. The SMILES string of the molecule is O=C1COc2cc(C(=O)NCc3ccccc3COCc3ccccc3)ccc2N1. The van der Waals surface area contributed by atoms with Gasteiger partial charge in [-0.25, -0.2) is 0 Å². The summed E-state index contributed by atoms with van der Waals surface area (Å²) in [4.78, 5) is 24.0. The van der Waals surface area contributed by atoms with Crippen molar-refractivity contribution in [1.82, 2.24) is 5.32 Å². The van der Waals surface area contributed by atoms with Crippen molar-refractivity contribution in [2.45, 2.75) is 19.8 Å². The summed E-state index contributed by atoms with van der Waals surface area (Å²) in [5.74, 6) is 0.0843. The molecule has 30 heavy (non-hydrogen) atoms. The molecule has 1 aliphatic rings. The molecule has 0 unspecified atom stereocenters. The van der Waals surface area contributed by atoms with Crippen LogP contribution < -0.4 is 15.4 Å². The highest BCUT2D eigenvalue weighted by atomic mass is 16.5. The van der Waals surface area contributed by atoms with Crippen molar-refractivity contribution in [3.8, 4) is 5.75 Å². The molecule has 1 aliphatic heterocycles. The molecule has 3 aromatic rings. The molecule has 4 rings (SSSR count). The average molecular weight is 402 g/mol. The smallest absolute Gasteiger partial charge is 0.262 e. The van der Waals surface area contributed by atoms with Crippen LogP contribution in [0.5, 0.6) is 5.75 Å². The van der Waals surface area contributed by atoms with Gasteiger partial charge in [-0.3, -0.25) is 9.59 Å². The zero-order chi connectivity index (χ0) is 20.8. The minimum atomic E-state index is -0.210. The van der Waals surface area contributed by atoms with Crippen LogP contribution in [0, 0.1) is 0 Å². The Morgan fingerprint density at radius 3 is 2.57 bits per heavy atom. The molecule has 0 saturated heterocycles. The molecular weight excluding hydrogens is 380 g/mol. The maximum absolute atomic E-state index is 12.6. The van der Waals surface area contributed by atoms with Crippen LogP contribution >= 0.6 is 0 Å². The standard InChI is InChI=1S/C24H22N2O4/c27-23-16-30-22-12-18(10-11-21(22)26-23)24(28)25-13-19-8-4-5-9-20(19)15-29-14-17-6-2-1-3-7-17/h1-12H,13-16H2,(H,25,28)(H,26,27). The van der Waals surface area contributed by atoms with Gasteiger partial charge in [0.15, 0.2) is 6.61 Å². The molecule has 0 atom stereocenters. The molecule has 0 fully saturated rings. The average Bonchev–Trinajstić information content (AvgIpc) is 2.78. The molecule has 2 N–H and O–H groups in total. The summed E-state index contributed by atoms with van der Waals surface area (Å²) in [6.45, 7) is 1.34. The molecule has 152 valence electrons. The Bertz CT molecular complexity index is 1050. The molecule has 0 saturated carbocycles. The van der Waals surface area contributed by atoms with Crippen molar-refractivity contribution in [2.24, 2.45) is 0 Å². The summed E-state index contributed by atoms with van der Waals surface area (Å²) >= 11 is 0. The van der Waals surface area contributed by atoms with Gasteiger partial charge in [-0.1, -0.05) is 54.6 Å². The zero-order valence-electron chi connectivity index (χ0n) is 16.4. The third-order valence-corrected chi connectivity index (χ3v) is 4.80. The van der Waals surface area contributed by atoms with Gasteiger partial charge in [0.05, 0.1) is 18.9 Å². The quantitative estimate of drug-likeness (QED) is 0.632. The summed E-state index contributed by atoms with van der Waals surface area (Å²) in [6.07, 6.45) is 0. The van der Waals surface area contributed by atoms with Gasteiger partial charge in [0, 0.05) is 12.1 Å². The van der Waals surface area contributed by atoms with E-state index in [1.165, 1.54) is 0 Å². The minimum absolute atomic E-state index is 0.0472. The Hall–Kier alpha value is -3.64. The summed E-state index contributed by atoms with van der Waals surface area (Å²) in [7, 11) is 0. The monoisotopic (exact) mass is 402 g/mol. The lowest BCUT2D eigenvalue weighted by Gasteiger charge is -2.18. The summed E-state index contributed by atoms with van der Waals surface area (Å²) in [5.41, 5.74) is 4.20. The molecule has 3 aromatic carbocycles. The highest BCUT2D eigenvalue weighted by molar-refractivity contribution is 5.98. The lowest BCUT2D eigenvalue weighted by atomic mass is 10.1. The number of anilines is 1. The number of ether oxygens (including phenoxy) is 2. The van der Waals surface area contributed by atoms with Crippen molar-refractivity contribution in [2.75, 3.05) is 11.9 Å². The van der Waals surface area contributed by atoms with Crippen LogP contribution in [0.3, 0.4) is 0 Å². The van der Waals surface area contributed by atoms with Gasteiger partial charge in [0.25, 0.3) is 11.8 Å². The normalized spacial score (nSPS) is 12.5. The second-order valence-corrected chi connectivity index (χ2v) is 6.98. The maximum atomic E-state index is 12.6. The topological polar surface area (TPSA) is 76.7 Å². The Balaban J connectivity index is 1.35. The van der Waals surface area contributed by atoms with E-state index in [2.05, 4.69) is 10.6 Å². The minimum Gasteiger partial charge on any atom is -0.482 e. The van der Waals surface area contributed by atoms with E-state index < -0.39 is 0 Å². The zero-order valence-corrected chi connectivity index (χ0v) is 16.4. The Morgan fingerprint density at radius 1 is 0.967 bits per heavy atom. The Labute approximate surface area is 174 Å². The van der Waals surface area contributed by atoms with Gasteiger partial charge < -0.3 is 20.1 Å². The van der Waals surface area contributed by atoms with E-state index >= 15 is 0 Å². The molecule has 0 radical (unpaired) electrons. The van der Waals surface area contributed by atoms with Crippen LogP contribution in [0.1, 0.15) is 27.0 Å². The van der Waals surface area contributed by atoms with Crippen LogP contribution in [0.25, 0.3) is 0 Å². The van der Waals surface area contributed by atoms with Gasteiger partial charge in [-0.05, 0) is 34.9 Å². The van der Waals surface area contributed by atoms with Crippen LogP contribution in [-0.4, -0.2) is 18.4 Å². The third kappa shape index (κ3) is 4.85. The number of hydrogen-bond acceptors (Lipinski definition) is 4. The van der Waals surface area contributed by atoms with Crippen LogP contribution in [0.15, 0.2) is 72.8 Å². The summed E-state index contributed by atoms with van der Waals surface area (Å²) in [6, 6.07) is 22.9. The van der Waals surface area contributed by atoms with E-state index in [4.69, 9.17) is 9.47 Å². The third-order valence-electron chi connectivity index (χ3n) is 4.80. The number of hydrogen-bond donors (Lipinski definition) is 2. The molecule has 0 bridgehead atoms. The van der Waals surface area contributed by atoms with Gasteiger partial charge in [0.1, 0.15) is 5.75 Å². The fourth-order valence-corrected chi connectivity index (χ4v) is 3.22. The largest absolute Gasteiger partial charge is 0.482 e. The van der Waals surface area contributed by atoms with Gasteiger partial charge in [-0.2, -0.15) is 0 Å². The van der Waals surface area contributed by atoms with Crippen molar-refractivity contribution < 1.29 is 19.1 Å². The van der Waals surface area contributed by atoms with E-state index in [-0.39, 0.29) is 18.4 Å². The lowest BCUT2D eigenvalue weighted by Crippen LogP contribution is -2.27. The van der Waals surface area contributed by atoms with Gasteiger partial charge in [-0.15, -0.1) is 0 Å². The molecule has 0 aliphatic carbocycles. The van der Waals surface area contributed by atoms with Crippen molar-refractivity contribution in [3.05, 3.63) is 95.1 Å². The molecule has 6 nitrogen and oxygen atoms in total. The first-order valence-corrected chi connectivity index (χ1v) is 9.72. The number of nitrogens with one attached hydrogen (secondary N) is 2. The predicted molar refractivity (Wildman–Crippen MR) is 113 cm³/mol. The summed E-state index contributed by atoms with van der Waals surface area (Å²) in [5, 5.41) is 5.66. The molecular formula is C24H22N2O4. The van der Waals surface area contributed by atoms with Gasteiger partial charge in [0.2, 0.25) is 0 Å². The fraction of sp³-hybridized carbons (Fsp3) is 0.167. The Morgan fingerprint density at radius 2 is 1.73 bits per heavy atom. The van der Waals surface area contributed by atoms with E-state index in [9.17, 15) is 9.59 Å². The molecule has 2 amide bonds. The van der Waals surface area contributed by atoms with E-state index in [1.807, 2.05) is 54.6 Å². The molecule has 6 heteroatoms. The van der Waals surface area contributed by atoms with Crippen LogP contribution in [0.4, 0.5) is 5.69 Å². The number of amides is 2.